The molecule has 0 aromatic heterocycles. The molecule has 1 N–H and O–H groups in total. The van der Waals surface area contributed by atoms with E-state index in [1.807, 2.05) is 30.0 Å². The van der Waals surface area contributed by atoms with E-state index in [0.29, 0.717) is 17.7 Å². The Bertz CT molecular complexity index is 632. The van der Waals surface area contributed by atoms with E-state index in [1.54, 1.807) is 12.1 Å². The molecule has 0 saturated heterocycles. The lowest BCUT2D eigenvalue weighted by Crippen LogP contribution is -2.02. The van der Waals surface area contributed by atoms with Crippen molar-refractivity contribution < 1.29 is 4.39 Å². The molecule has 0 spiro atoms. The van der Waals surface area contributed by atoms with Crippen LogP contribution in [0.5, 0.6) is 0 Å². The molecule has 2 nitrogen and oxygen atoms in total. The number of benzene rings is 2. The van der Waals surface area contributed by atoms with Crippen LogP contribution in [0.2, 0.25) is 0 Å². The SMILES string of the molecule is CSCCc1ccc(NCc2ccc(C#N)cc2F)cc1. The third-order valence-electron chi connectivity index (χ3n) is 3.21. The minimum atomic E-state index is -0.349. The first-order chi connectivity index (χ1) is 10.2. The summed E-state index contributed by atoms with van der Waals surface area (Å²) < 4.78 is 13.7. The summed E-state index contributed by atoms with van der Waals surface area (Å²) in [5, 5.41) is 11.9. The van der Waals surface area contributed by atoms with Crippen molar-refractivity contribution in [1.29, 1.82) is 5.26 Å². The summed E-state index contributed by atoms with van der Waals surface area (Å²) in [6, 6.07) is 14.7. The van der Waals surface area contributed by atoms with Crippen molar-refractivity contribution in [2.24, 2.45) is 0 Å². The summed E-state index contributed by atoms with van der Waals surface area (Å²) in [5.74, 6) is 0.765. The zero-order valence-corrected chi connectivity index (χ0v) is 12.7. The third kappa shape index (κ3) is 4.51. The van der Waals surface area contributed by atoms with Gasteiger partial charge in [0.2, 0.25) is 0 Å². The fourth-order valence-corrected chi connectivity index (χ4v) is 2.41. The Morgan fingerprint density at radius 2 is 1.95 bits per heavy atom. The van der Waals surface area contributed by atoms with Crippen molar-refractivity contribution in [2.75, 3.05) is 17.3 Å². The van der Waals surface area contributed by atoms with E-state index in [9.17, 15) is 4.39 Å². The third-order valence-corrected chi connectivity index (χ3v) is 3.83. The van der Waals surface area contributed by atoms with Gasteiger partial charge in [0.1, 0.15) is 5.82 Å². The van der Waals surface area contributed by atoms with Gasteiger partial charge in [-0.3, -0.25) is 0 Å². The molecule has 2 rings (SSSR count). The monoisotopic (exact) mass is 300 g/mol. The van der Waals surface area contributed by atoms with Crippen LogP contribution in [0, 0.1) is 17.1 Å². The van der Waals surface area contributed by atoms with Crippen LogP contribution >= 0.6 is 11.8 Å². The smallest absolute Gasteiger partial charge is 0.129 e. The molecule has 0 aliphatic carbocycles. The fraction of sp³-hybridized carbons (Fsp3) is 0.235. The predicted octanol–water partition coefficient (Wildman–Crippen LogP) is 4.21. The maximum Gasteiger partial charge on any atom is 0.129 e. The Labute approximate surface area is 129 Å². The van der Waals surface area contributed by atoms with Crippen molar-refractivity contribution in [2.45, 2.75) is 13.0 Å². The fourth-order valence-electron chi connectivity index (χ4n) is 1.97. The minimum Gasteiger partial charge on any atom is -0.381 e. The van der Waals surface area contributed by atoms with E-state index < -0.39 is 0 Å². The van der Waals surface area contributed by atoms with Crippen LogP contribution in [0.3, 0.4) is 0 Å². The van der Waals surface area contributed by atoms with E-state index in [1.165, 1.54) is 11.6 Å². The zero-order chi connectivity index (χ0) is 15.1. The number of anilines is 1. The Kier molecular flexibility index (Phi) is 5.65. The Balaban J connectivity index is 1.95. The van der Waals surface area contributed by atoms with Gasteiger partial charge in [-0.2, -0.15) is 17.0 Å². The first-order valence-electron chi connectivity index (χ1n) is 6.73. The van der Waals surface area contributed by atoms with Crippen molar-refractivity contribution in [3.05, 3.63) is 65.0 Å². The number of nitrogens with one attached hydrogen (secondary N) is 1. The van der Waals surface area contributed by atoms with Crippen molar-refractivity contribution >= 4 is 17.4 Å². The van der Waals surface area contributed by atoms with Crippen LogP contribution in [0.25, 0.3) is 0 Å². The van der Waals surface area contributed by atoms with E-state index in [2.05, 4.69) is 23.7 Å². The second-order valence-electron chi connectivity index (χ2n) is 4.71. The summed E-state index contributed by atoms with van der Waals surface area (Å²) >= 11 is 1.83. The molecule has 0 atom stereocenters. The van der Waals surface area contributed by atoms with E-state index in [-0.39, 0.29) is 5.82 Å². The van der Waals surface area contributed by atoms with Gasteiger partial charge in [0.15, 0.2) is 0 Å². The molecular weight excluding hydrogens is 283 g/mol. The molecule has 0 fully saturated rings. The summed E-state index contributed by atoms with van der Waals surface area (Å²) in [6.07, 6.45) is 3.16. The summed E-state index contributed by atoms with van der Waals surface area (Å²) in [4.78, 5) is 0. The summed E-state index contributed by atoms with van der Waals surface area (Å²) in [7, 11) is 0. The van der Waals surface area contributed by atoms with Gasteiger partial charge in [0, 0.05) is 17.8 Å². The lowest BCUT2D eigenvalue weighted by atomic mass is 10.1. The highest BCUT2D eigenvalue weighted by molar-refractivity contribution is 7.98. The first kappa shape index (κ1) is 15.4. The minimum absolute atomic E-state index is 0.342. The van der Waals surface area contributed by atoms with Gasteiger partial charge in [-0.15, -0.1) is 0 Å². The van der Waals surface area contributed by atoms with E-state index in [4.69, 9.17) is 5.26 Å². The molecule has 2 aromatic carbocycles. The highest BCUT2D eigenvalue weighted by Crippen LogP contribution is 2.15. The van der Waals surface area contributed by atoms with Gasteiger partial charge >= 0.3 is 0 Å². The van der Waals surface area contributed by atoms with Crippen LogP contribution in [-0.4, -0.2) is 12.0 Å². The number of nitriles is 1. The largest absolute Gasteiger partial charge is 0.381 e. The number of nitrogens with zero attached hydrogens (tertiary/aromatic N) is 1. The normalized spacial score (nSPS) is 10.1. The molecule has 108 valence electrons. The van der Waals surface area contributed by atoms with Crippen molar-refractivity contribution in [3.8, 4) is 6.07 Å². The number of rotatable bonds is 6. The molecule has 0 aliphatic rings. The number of hydrogen-bond donors (Lipinski definition) is 1. The maximum absolute atomic E-state index is 13.7. The number of thioether (sulfide) groups is 1. The molecular formula is C17H17FN2S. The molecule has 0 unspecified atom stereocenters. The van der Waals surface area contributed by atoms with E-state index >= 15 is 0 Å². The van der Waals surface area contributed by atoms with Gasteiger partial charge < -0.3 is 5.32 Å². The lowest BCUT2D eigenvalue weighted by molar-refractivity contribution is 0.612. The molecule has 2 aromatic rings. The Morgan fingerprint density at radius 1 is 1.19 bits per heavy atom. The van der Waals surface area contributed by atoms with Crippen LogP contribution in [0.1, 0.15) is 16.7 Å². The van der Waals surface area contributed by atoms with Gasteiger partial charge in [-0.25, -0.2) is 4.39 Å². The average Bonchev–Trinajstić information content (AvgIpc) is 2.52. The van der Waals surface area contributed by atoms with Gasteiger partial charge in [0.25, 0.3) is 0 Å². The Hall–Kier alpha value is -1.99. The summed E-state index contributed by atoms with van der Waals surface area (Å²) in [5.41, 5.74) is 3.17. The highest BCUT2D eigenvalue weighted by atomic mass is 32.2. The number of aryl methyl sites for hydroxylation is 1. The highest BCUT2D eigenvalue weighted by Gasteiger charge is 2.03. The van der Waals surface area contributed by atoms with Gasteiger partial charge in [-0.05, 0) is 48.3 Å². The zero-order valence-electron chi connectivity index (χ0n) is 11.9. The number of halogens is 1. The molecule has 21 heavy (non-hydrogen) atoms. The molecule has 0 aliphatic heterocycles. The predicted molar refractivity (Wildman–Crippen MR) is 87.0 cm³/mol. The van der Waals surface area contributed by atoms with Crippen LogP contribution in [0.15, 0.2) is 42.5 Å². The molecule has 0 amide bonds. The van der Waals surface area contributed by atoms with Crippen molar-refractivity contribution in [3.63, 3.8) is 0 Å². The average molecular weight is 300 g/mol. The lowest BCUT2D eigenvalue weighted by Gasteiger charge is -2.08. The molecule has 0 radical (unpaired) electrons. The van der Waals surface area contributed by atoms with Gasteiger partial charge in [-0.1, -0.05) is 18.2 Å². The number of hydrogen-bond acceptors (Lipinski definition) is 3. The second kappa shape index (κ2) is 7.70. The summed E-state index contributed by atoms with van der Waals surface area (Å²) in [6.45, 7) is 0.404. The van der Waals surface area contributed by atoms with Crippen LogP contribution < -0.4 is 5.32 Å². The van der Waals surface area contributed by atoms with Crippen LogP contribution in [0.4, 0.5) is 10.1 Å². The molecule has 0 bridgehead atoms. The molecule has 0 saturated carbocycles. The molecule has 0 heterocycles. The maximum atomic E-state index is 13.7. The quantitative estimate of drug-likeness (QED) is 0.868. The van der Waals surface area contributed by atoms with E-state index in [0.717, 1.165) is 17.9 Å². The Morgan fingerprint density at radius 3 is 2.57 bits per heavy atom. The standard InChI is InChI=1S/C17H17FN2S/c1-21-9-8-13-3-6-16(7-4-13)20-12-15-5-2-14(11-19)10-17(15)18/h2-7,10,20H,8-9,12H2,1H3. The van der Waals surface area contributed by atoms with Crippen LogP contribution in [-0.2, 0) is 13.0 Å². The topological polar surface area (TPSA) is 35.8 Å². The first-order valence-corrected chi connectivity index (χ1v) is 8.12. The van der Waals surface area contributed by atoms with Crippen molar-refractivity contribution in [1.82, 2.24) is 0 Å². The van der Waals surface area contributed by atoms with Gasteiger partial charge in [0.05, 0.1) is 11.6 Å². The molecule has 4 heteroatoms. The second-order valence-corrected chi connectivity index (χ2v) is 5.70.